The van der Waals surface area contributed by atoms with Crippen LogP contribution in [0.2, 0.25) is 0 Å². The molecular formula is C23H25BrN2O3S. The third-order valence-electron chi connectivity index (χ3n) is 4.90. The van der Waals surface area contributed by atoms with E-state index in [9.17, 15) is 13.2 Å². The number of carbonyl (C=O) groups excluding carboxylic acids is 1. The highest BCUT2D eigenvalue weighted by Gasteiger charge is 2.21. The molecule has 0 bridgehead atoms. The van der Waals surface area contributed by atoms with Gasteiger partial charge >= 0.3 is 0 Å². The Bertz CT molecular complexity index is 1130. The molecule has 1 amide bonds. The van der Waals surface area contributed by atoms with Crippen LogP contribution >= 0.6 is 15.9 Å². The first-order valence-electron chi connectivity index (χ1n) is 9.70. The van der Waals surface area contributed by atoms with E-state index in [4.69, 9.17) is 0 Å². The number of anilines is 1. The number of hydrogen-bond acceptors (Lipinski definition) is 3. The molecule has 0 fully saturated rings. The first kappa shape index (κ1) is 22.3. The van der Waals surface area contributed by atoms with Gasteiger partial charge in [0, 0.05) is 11.0 Å². The smallest absolute Gasteiger partial charge is 0.240 e. The molecule has 5 nitrogen and oxygen atoms in total. The van der Waals surface area contributed by atoms with Crippen molar-refractivity contribution >= 4 is 48.3 Å². The van der Waals surface area contributed by atoms with Crippen LogP contribution in [-0.2, 0) is 21.2 Å². The highest BCUT2D eigenvalue weighted by atomic mass is 79.9. The standard InChI is InChI=1S/C23H25BrN2O3S/c1-17(14-19-8-5-7-18-6-3-4-9-22(18)19)15-25-23(27)16-26(30(2,28)29)21-12-10-20(24)11-13-21/h3-13,17H,14-16H2,1-2H3,(H,25,27). The van der Waals surface area contributed by atoms with Gasteiger partial charge in [-0.1, -0.05) is 65.3 Å². The van der Waals surface area contributed by atoms with Crippen LogP contribution in [0.15, 0.2) is 71.2 Å². The summed E-state index contributed by atoms with van der Waals surface area (Å²) in [5, 5.41) is 5.30. The molecule has 30 heavy (non-hydrogen) atoms. The summed E-state index contributed by atoms with van der Waals surface area (Å²) in [7, 11) is -3.58. The van der Waals surface area contributed by atoms with E-state index in [0.29, 0.717) is 12.2 Å². The third kappa shape index (κ3) is 5.83. The second kappa shape index (κ2) is 9.62. The van der Waals surface area contributed by atoms with Crippen LogP contribution in [0.4, 0.5) is 5.69 Å². The molecule has 3 rings (SSSR count). The van der Waals surface area contributed by atoms with Gasteiger partial charge in [-0.05, 0) is 52.9 Å². The van der Waals surface area contributed by atoms with Crippen molar-refractivity contribution in [2.75, 3.05) is 23.7 Å². The molecule has 3 aromatic rings. The number of benzene rings is 3. The van der Waals surface area contributed by atoms with Crippen LogP contribution in [0, 0.1) is 5.92 Å². The maximum atomic E-state index is 12.5. The lowest BCUT2D eigenvalue weighted by Gasteiger charge is -2.22. The number of rotatable bonds is 8. The van der Waals surface area contributed by atoms with Gasteiger partial charge in [0.05, 0.1) is 11.9 Å². The summed E-state index contributed by atoms with van der Waals surface area (Å²) in [6, 6.07) is 21.3. The van der Waals surface area contributed by atoms with Gasteiger partial charge in [0.1, 0.15) is 6.54 Å². The summed E-state index contributed by atoms with van der Waals surface area (Å²) < 4.78 is 26.3. The Hall–Kier alpha value is -2.38. The molecule has 0 radical (unpaired) electrons. The summed E-state index contributed by atoms with van der Waals surface area (Å²) in [6.45, 7) is 2.30. The number of nitrogens with zero attached hydrogens (tertiary/aromatic N) is 1. The average molecular weight is 489 g/mol. The minimum Gasteiger partial charge on any atom is -0.354 e. The summed E-state index contributed by atoms with van der Waals surface area (Å²) >= 11 is 3.33. The number of amides is 1. The average Bonchev–Trinajstić information content (AvgIpc) is 2.71. The number of sulfonamides is 1. The van der Waals surface area contributed by atoms with Gasteiger partial charge in [0.2, 0.25) is 15.9 Å². The molecule has 7 heteroatoms. The Morgan fingerprint density at radius 2 is 1.70 bits per heavy atom. The van der Waals surface area contributed by atoms with Gasteiger partial charge in [-0.15, -0.1) is 0 Å². The first-order chi connectivity index (χ1) is 14.2. The lowest BCUT2D eigenvalue weighted by atomic mass is 9.96. The van der Waals surface area contributed by atoms with Crippen molar-refractivity contribution < 1.29 is 13.2 Å². The zero-order valence-corrected chi connectivity index (χ0v) is 19.4. The van der Waals surface area contributed by atoms with E-state index in [1.165, 1.54) is 16.3 Å². The summed E-state index contributed by atoms with van der Waals surface area (Å²) in [5.74, 6) is -0.118. The van der Waals surface area contributed by atoms with Gasteiger partial charge in [-0.25, -0.2) is 8.42 Å². The molecule has 0 heterocycles. The van der Waals surface area contributed by atoms with Gasteiger partial charge in [0.25, 0.3) is 0 Å². The third-order valence-corrected chi connectivity index (χ3v) is 6.57. The van der Waals surface area contributed by atoms with Crippen LogP contribution in [-0.4, -0.2) is 33.7 Å². The Labute approximate surface area is 186 Å². The van der Waals surface area contributed by atoms with E-state index < -0.39 is 10.0 Å². The molecule has 1 N–H and O–H groups in total. The van der Waals surface area contributed by atoms with Crippen LogP contribution in [0.25, 0.3) is 10.8 Å². The fraction of sp³-hybridized carbons (Fsp3) is 0.261. The van der Waals surface area contributed by atoms with Crippen molar-refractivity contribution in [1.29, 1.82) is 0 Å². The highest BCUT2D eigenvalue weighted by Crippen LogP contribution is 2.22. The lowest BCUT2D eigenvalue weighted by molar-refractivity contribution is -0.119. The van der Waals surface area contributed by atoms with E-state index in [1.54, 1.807) is 24.3 Å². The molecule has 1 atom stereocenters. The Morgan fingerprint density at radius 3 is 2.40 bits per heavy atom. The SMILES string of the molecule is CC(CNC(=O)CN(c1ccc(Br)cc1)S(C)(=O)=O)Cc1cccc2ccccc12. The number of hydrogen-bond donors (Lipinski definition) is 1. The van der Waals surface area contributed by atoms with E-state index in [0.717, 1.165) is 21.5 Å². The number of nitrogens with one attached hydrogen (secondary N) is 1. The second-order valence-electron chi connectivity index (χ2n) is 7.50. The molecule has 0 aliphatic carbocycles. The monoisotopic (exact) mass is 488 g/mol. The fourth-order valence-corrected chi connectivity index (χ4v) is 4.52. The molecular weight excluding hydrogens is 464 g/mol. The zero-order valence-electron chi connectivity index (χ0n) is 17.0. The van der Waals surface area contributed by atoms with E-state index in [1.807, 2.05) is 18.2 Å². The maximum absolute atomic E-state index is 12.5. The molecule has 0 spiro atoms. The second-order valence-corrected chi connectivity index (χ2v) is 10.3. The number of halogens is 1. The summed E-state index contributed by atoms with van der Waals surface area (Å²) in [4.78, 5) is 12.5. The number of carbonyl (C=O) groups is 1. The molecule has 3 aromatic carbocycles. The van der Waals surface area contributed by atoms with Crippen molar-refractivity contribution in [3.63, 3.8) is 0 Å². The zero-order chi connectivity index (χ0) is 21.7. The van der Waals surface area contributed by atoms with Crippen molar-refractivity contribution in [3.8, 4) is 0 Å². The molecule has 0 aliphatic heterocycles. The van der Waals surface area contributed by atoms with Crippen LogP contribution < -0.4 is 9.62 Å². The van der Waals surface area contributed by atoms with Gasteiger partial charge in [-0.3, -0.25) is 9.10 Å². The topological polar surface area (TPSA) is 66.5 Å². The summed E-state index contributed by atoms with van der Waals surface area (Å²) in [6.07, 6.45) is 1.93. The molecule has 1 unspecified atom stereocenters. The van der Waals surface area contributed by atoms with E-state index >= 15 is 0 Å². The maximum Gasteiger partial charge on any atom is 0.240 e. The van der Waals surface area contributed by atoms with Crippen molar-refractivity contribution in [1.82, 2.24) is 5.32 Å². The van der Waals surface area contributed by atoms with E-state index in [2.05, 4.69) is 52.4 Å². The van der Waals surface area contributed by atoms with Crippen LogP contribution in [0.3, 0.4) is 0 Å². The number of fused-ring (bicyclic) bond motifs is 1. The van der Waals surface area contributed by atoms with Crippen molar-refractivity contribution in [3.05, 3.63) is 76.8 Å². The molecule has 0 saturated heterocycles. The van der Waals surface area contributed by atoms with Gasteiger partial charge in [0.15, 0.2) is 0 Å². The van der Waals surface area contributed by atoms with Crippen LogP contribution in [0.5, 0.6) is 0 Å². The Balaban J connectivity index is 1.61. The highest BCUT2D eigenvalue weighted by molar-refractivity contribution is 9.10. The molecule has 0 saturated carbocycles. The Kier molecular flexibility index (Phi) is 7.15. The normalized spacial score (nSPS) is 12.5. The predicted octanol–water partition coefficient (Wildman–Crippen LogP) is 4.36. The molecule has 0 aromatic heterocycles. The minimum absolute atomic E-state index is 0.208. The van der Waals surface area contributed by atoms with E-state index in [-0.39, 0.29) is 18.4 Å². The predicted molar refractivity (Wildman–Crippen MR) is 126 cm³/mol. The quantitative estimate of drug-likeness (QED) is 0.511. The van der Waals surface area contributed by atoms with Crippen molar-refractivity contribution in [2.24, 2.45) is 5.92 Å². The summed E-state index contributed by atoms with van der Waals surface area (Å²) in [5.41, 5.74) is 1.70. The largest absolute Gasteiger partial charge is 0.354 e. The fourth-order valence-electron chi connectivity index (χ4n) is 3.40. The van der Waals surface area contributed by atoms with Gasteiger partial charge in [-0.2, -0.15) is 0 Å². The van der Waals surface area contributed by atoms with Crippen LogP contribution in [0.1, 0.15) is 12.5 Å². The first-order valence-corrected chi connectivity index (χ1v) is 12.3. The molecule has 0 aliphatic rings. The Morgan fingerprint density at radius 1 is 1.03 bits per heavy atom. The molecule has 158 valence electrons. The van der Waals surface area contributed by atoms with Crippen molar-refractivity contribution in [2.45, 2.75) is 13.3 Å². The lowest BCUT2D eigenvalue weighted by Crippen LogP contribution is -2.41. The minimum atomic E-state index is -3.58. The van der Waals surface area contributed by atoms with Gasteiger partial charge < -0.3 is 5.32 Å².